The lowest BCUT2D eigenvalue weighted by Gasteiger charge is -2.38. The maximum atomic E-state index is 12.8. The summed E-state index contributed by atoms with van der Waals surface area (Å²) in [6.07, 6.45) is -1.05. The molecular weight excluding hydrogens is 484 g/mol. The van der Waals surface area contributed by atoms with Gasteiger partial charge in [0.2, 0.25) is 0 Å². The van der Waals surface area contributed by atoms with E-state index in [1.165, 1.54) is 6.42 Å². The molecule has 1 N–H and O–H groups in total. The van der Waals surface area contributed by atoms with Crippen LogP contribution in [0.1, 0.15) is 32.1 Å². The van der Waals surface area contributed by atoms with Crippen molar-refractivity contribution in [1.82, 2.24) is 15.1 Å². The van der Waals surface area contributed by atoms with E-state index >= 15 is 0 Å². The molecule has 5 nitrogen and oxygen atoms in total. The largest absolute Gasteiger partial charge is 0.391 e. The summed E-state index contributed by atoms with van der Waals surface area (Å²) >= 11 is 0. The summed E-state index contributed by atoms with van der Waals surface area (Å²) in [5.41, 5.74) is 0. The minimum Gasteiger partial charge on any atom is -0.381 e. The highest BCUT2D eigenvalue weighted by Crippen LogP contribution is 2.39. The Morgan fingerprint density at radius 1 is 1.04 bits per heavy atom. The maximum Gasteiger partial charge on any atom is 0.391 e. The highest BCUT2D eigenvalue weighted by molar-refractivity contribution is 14.0. The highest BCUT2D eigenvalue weighted by atomic mass is 127. The van der Waals surface area contributed by atoms with Crippen LogP contribution in [0.25, 0.3) is 0 Å². The molecule has 3 aliphatic rings. The Labute approximate surface area is 183 Å². The summed E-state index contributed by atoms with van der Waals surface area (Å²) in [5, 5.41) is 3.41. The zero-order valence-electron chi connectivity index (χ0n) is 16.7. The maximum absolute atomic E-state index is 12.8. The molecule has 3 fully saturated rings. The van der Waals surface area contributed by atoms with Crippen LogP contribution >= 0.6 is 24.0 Å². The van der Waals surface area contributed by atoms with Crippen LogP contribution in [0.4, 0.5) is 13.2 Å². The Kier molecular flexibility index (Phi) is 9.59. The van der Waals surface area contributed by atoms with Gasteiger partial charge in [-0.25, -0.2) is 0 Å². The lowest BCUT2D eigenvalue weighted by molar-refractivity contribution is -0.183. The Morgan fingerprint density at radius 2 is 1.71 bits per heavy atom. The van der Waals surface area contributed by atoms with Gasteiger partial charge in [0.15, 0.2) is 5.96 Å². The fraction of sp³-hybridized carbons (Fsp3) is 0.947. The minimum atomic E-state index is -4.03. The molecule has 0 radical (unpaired) electrons. The van der Waals surface area contributed by atoms with Crippen molar-refractivity contribution in [3.8, 4) is 0 Å². The van der Waals surface area contributed by atoms with Gasteiger partial charge in [-0.05, 0) is 43.9 Å². The van der Waals surface area contributed by atoms with E-state index in [4.69, 9.17) is 4.74 Å². The number of alkyl halides is 3. The number of nitrogens with zero attached hydrogens (tertiary/aromatic N) is 3. The fourth-order valence-electron chi connectivity index (χ4n) is 4.50. The van der Waals surface area contributed by atoms with Crippen molar-refractivity contribution in [3.05, 3.63) is 0 Å². The molecule has 28 heavy (non-hydrogen) atoms. The summed E-state index contributed by atoms with van der Waals surface area (Å²) in [7, 11) is 1.78. The third-order valence-electron chi connectivity index (χ3n) is 6.28. The number of piperazine rings is 1. The Bertz CT molecular complexity index is 484. The molecule has 0 aromatic rings. The van der Waals surface area contributed by atoms with Gasteiger partial charge in [0, 0.05) is 52.9 Å². The van der Waals surface area contributed by atoms with Crippen LogP contribution in [-0.4, -0.2) is 81.5 Å². The summed E-state index contributed by atoms with van der Waals surface area (Å²) < 4.78 is 43.8. The minimum absolute atomic E-state index is 0. The first-order chi connectivity index (χ1) is 13.0. The topological polar surface area (TPSA) is 40.1 Å². The lowest BCUT2D eigenvalue weighted by Crippen LogP contribution is -2.53. The number of nitrogens with one attached hydrogen (secondary N) is 1. The van der Waals surface area contributed by atoms with E-state index in [9.17, 15) is 13.2 Å². The molecule has 3 rings (SSSR count). The number of hydrogen-bond acceptors (Lipinski definition) is 3. The fourth-order valence-corrected chi connectivity index (χ4v) is 4.50. The summed E-state index contributed by atoms with van der Waals surface area (Å²) in [4.78, 5) is 9.16. The first kappa shape index (κ1) is 24.0. The molecule has 9 heteroatoms. The number of hydrogen-bond donors (Lipinski definition) is 1. The molecule has 2 saturated heterocycles. The van der Waals surface area contributed by atoms with E-state index in [1.54, 1.807) is 7.05 Å². The van der Waals surface area contributed by atoms with Crippen LogP contribution in [0.3, 0.4) is 0 Å². The lowest BCUT2D eigenvalue weighted by atomic mass is 9.81. The van der Waals surface area contributed by atoms with Crippen LogP contribution in [0.15, 0.2) is 4.99 Å². The molecule has 164 valence electrons. The Balaban J connectivity index is 0.00000280. The quantitative estimate of drug-likeness (QED) is 0.353. The molecule has 0 aromatic heterocycles. The molecule has 1 atom stereocenters. The first-order valence-electron chi connectivity index (χ1n) is 10.3. The van der Waals surface area contributed by atoms with Crippen LogP contribution in [0.2, 0.25) is 0 Å². The van der Waals surface area contributed by atoms with E-state index < -0.39 is 12.1 Å². The van der Waals surface area contributed by atoms with Crippen molar-refractivity contribution in [2.45, 2.75) is 38.3 Å². The van der Waals surface area contributed by atoms with Crippen LogP contribution in [0.5, 0.6) is 0 Å². The van der Waals surface area contributed by atoms with Crippen molar-refractivity contribution < 1.29 is 17.9 Å². The van der Waals surface area contributed by atoms with Gasteiger partial charge in [0.05, 0.1) is 12.5 Å². The summed E-state index contributed by atoms with van der Waals surface area (Å²) in [6.45, 7) is 7.54. The molecule has 1 unspecified atom stereocenters. The van der Waals surface area contributed by atoms with E-state index in [0.717, 1.165) is 58.4 Å². The summed E-state index contributed by atoms with van der Waals surface area (Å²) in [6, 6.07) is 0. The smallest absolute Gasteiger partial charge is 0.381 e. The zero-order chi connectivity index (χ0) is 19.3. The first-order valence-corrected chi connectivity index (χ1v) is 10.3. The van der Waals surface area contributed by atoms with E-state index in [1.807, 2.05) is 0 Å². The van der Waals surface area contributed by atoms with E-state index in [-0.39, 0.29) is 36.8 Å². The molecule has 1 aliphatic carbocycles. The third-order valence-corrected chi connectivity index (χ3v) is 6.28. The van der Waals surface area contributed by atoms with Crippen LogP contribution in [-0.2, 0) is 4.74 Å². The molecule has 2 aliphatic heterocycles. The Hall–Kier alpha value is -0.290. The monoisotopic (exact) mass is 518 g/mol. The number of halogens is 4. The number of aliphatic imine (C=N–C) groups is 1. The molecule has 0 amide bonds. The molecule has 1 saturated carbocycles. The van der Waals surface area contributed by atoms with Gasteiger partial charge < -0.3 is 15.0 Å². The van der Waals surface area contributed by atoms with Gasteiger partial charge in [-0.3, -0.25) is 9.89 Å². The molecule has 2 heterocycles. The second-order valence-electron chi connectivity index (χ2n) is 8.20. The molecular formula is C19H34F3IN4O. The third kappa shape index (κ3) is 6.90. The van der Waals surface area contributed by atoms with Gasteiger partial charge in [0.1, 0.15) is 0 Å². The van der Waals surface area contributed by atoms with Crippen LogP contribution in [0, 0.1) is 17.8 Å². The van der Waals surface area contributed by atoms with Crippen LogP contribution < -0.4 is 5.32 Å². The zero-order valence-corrected chi connectivity index (χ0v) is 19.0. The Morgan fingerprint density at radius 3 is 2.25 bits per heavy atom. The number of guanidine groups is 1. The van der Waals surface area contributed by atoms with E-state index in [0.29, 0.717) is 24.7 Å². The average Bonchev–Trinajstić information content (AvgIpc) is 3.16. The molecule has 0 bridgehead atoms. The second-order valence-corrected chi connectivity index (χ2v) is 8.20. The standard InChI is InChI=1S/C19H33F3N4O.HI/c1-23-18(24-12-15-2-4-17(5-3-15)19(20,21)22)26-9-7-25(8-10-26)13-16-6-11-27-14-16;/h15-17H,2-14H2,1H3,(H,23,24);1H. The predicted octanol–water partition coefficient (Wildman–Crippen LogP) is 3.20. The van der Waals surface area contributed by atoms with Crippen molar-refractivity contribution in [2.24, 2.45) is 22.7 Å². The van der Waals surface area contributed by atoms with Crippen molar-refractivity contribution in [2.75, 3.05) is 59.5 Å². The number of rotatable bonds is 4. The SMILES string of the molecule is CN=C(NCC1CCC(C(F)(F)F)CC1)N1CCN(CC2CCOC2)CC1.I. The molecule has 0 spiro atoms. The van der Waals surface area contributed by atoms with Crippen molar-refractivity contribution in [3.63, 3.8) is 0 Å². The van der Waals surface area contributed by atoms with Gasteiger partial charge in [-0.15, -0.1) is 24.0 Å². The molecule has 0 aromatic carbocycles. The highest BCUT2D eigenvalue weighted by Gasteiger charge is 2.41. The second kappa shape index (κ2) is 11.2. The average molecular weight is 518 g/mol. The van der Waals surface area contributed by atoms with Gasteiger partial charge in [-0.1, -0.05) is 0 Å². The van der Waals surface area contributed by atoms with Gasteiger partial charge in [0.25, 0.3) is 0 Å². The van der Waals surface area contributed by atoms with Crippen molar-refractivity contribution >= 4 is 29.9 Å². The predicted molar refractivity (Wildman–Crippen MR) is 115 cm³/mol. The van der Waals surface area contributed by atoms with Gasteiger partial charge in [-0.2, -0.15) is 13.2 Å². The normalized spacial score (nSPS) is 30.2. The van der Waals surface area contributed by atoms with Gasteiger partial charge >= 0.3 is 6.18 Å². The van der Waals surface area contributed by atoms with E-state index in [2.05, 4.69) is 20.1 Å². The summed E-state index contributed by atoms with van der Waals surface area (Å²) in [5.74, 6) is 0.757. The van der Waals surface area contributed by atoms with Crippen molar-refractivity contribution in [1.29, 1.82) is 0 Å². The number of ether oxygens (including phenoxy) is 1.